The van der Waals surface area contributed by atoms with Crippen LogP contribution in [0.5, 0.6) is 0 Å². The van der Waals surface area contributed by atoms with E-state index in [2.05, 4.69) is 17.0 Å². The second kappa shape index (κ2) is 6.39. The molecule has 0 unspecified atom stereocenters. The fourth-order valence-electron chi connectivity index (χ4n) is 1.91. The average Bonchev–Trinajstić information content (AvgIpc) is 3.21. The number of rotatable bonds is 8. The quantitative estimate of drug-likeness (QED) is 0.770. The van der Waals surface area contributed by atoms with Crippen molar-refractivity contribution < 1.29 is 8.42 Å². The molecule has 0 aromatic heterocycles. The predicted molar refractivity (Wildman–Crippen MR) is 77.8 cm³/mol. The number of anilines is 1. The summed E-state index contributed by atoms with van der Waals surface area (Å²) < 4.78 is 26.7. The molecule has 1 aromatic carbocycles. The third-order valence-electron chi connectivity index (χ3n) is 3.29. The molecule has 0 heterocycles. The van der Waals surface area contributed by atoms with Gasteiger partial charge in [0, 0.05) is 18.8 Å². The van der Waals surface area contributed by atoms with Crippen molar-refractivity contribution in [2.24, 2.45) is 5.92 Å². The van der Waals surface area contributed by atoms with Crippen molar-refractivity contribution in [2.45, 2.75) is 37.5 Å². The summed E-state index contributed by atoms with van der Waals surface area (Å²) in [6, 6.07) is 6.92. The van der Waals surface area contributed by atoms with Crippen molar-refractivity contribution in [3.63, 3.8) is 0 Å². The van der Waals surface area contributed by atoms with Crippen LogP contribution in [-0.2, 0) is 10.0 Å². The smallest absolute Gasteiger partial charge is 0.240 e. The Hall–Kier alpha value is -1.07. The molecule has 0 atom stereocenters. The van der Waals surface area contributed by atoms with Crippen molar-refractivity contribution in [3.05, 3.63) is 24.3 Å². The van der Waals surface area contributed by atoms with E-state index in [1.165, 1.54) is 12.8 Å². The van der Waals surface area contributed by atoms with Crippen molar-refractivity contribution >= 4 is 15.7 Å². The summed E-state index contributed by atoms with van der Waals surface area (Å²) >= 11 is 0. The molecule has 0 radical (unpaired) electrons. The zero-order chi connectivity index (χ0) is 13.7. The molecule has 2 rings (SSSR count). The van der Waals surface area contributed by atoms with E-state index >= 15 is 0 Å². The van der Waals surface area contributed by atoms with E-state index in [-0.39, 0.29) is 0 Å². The maximum atomic E-state index is 12.0. The largest absolute Gasteiger partial charge is 0.385 e. The molecule has 1 aliphatic carbocycles. The number of nitrogens with one attached hydrogen (secondary N) is 2. The van der Waals surface area contributed by atoms with Crippen LogP contribution in [0.15, 0.2) is 29.2 Å². The van der Waals surface area contributed by atoms with Crippen LogP contribution in [0.2, 0.25) is 0 Å². The average molecular weight is 282 g/mol. The Morgan fingerprint density at radius 1 is 1.16 bits per heavy atom. The molecule has 106 valence electrons. The summed E-state index contributed by atoms with van der Waals surface area (Å²) in [6.45, 7) is 3.53. The molecule has 1 aliphatic rings. The third-order valence-corrected chi connectivity index (χ3v) is 4.76. The SMILES string of the molecule is CCCNc1ccc(S(=O)(=O)NCCC2CC2)cc1. The molecule has 0 spiro atoms. The predicted octanol–water partition coefficient (Wildman–Crippen LogP) is 2.59. The van der Waals surface area contributed by atoms with Gasteiger partial charge in [-0.1, -0.05) is 19.8 Å². The second-order valence-electron chi connectivity index (χ2n) is 5.08. The Kier molecular flexibility index (Phi) is 4.82. The standard InChI is InChI=1S/C14H22N2O2S/c1-2-10-15-13-5-7-14(8-6-13)19(17,18)16-11-9-12-3-4-12/h5-8,12,15-16H,2-4,9-11H2,1H3. The minimum absolute atomic E-state index is 0.338. The lowest BCUT2D eigenvalue weighted by atomic mass is 10.3. The molecule has 0 amide bonds. The molecule has 1 saturated carbocycles. The second-order valence-corrected chi connectivity index (χ2v) is 6.85. The van der Waals surface area contributed by atoms with Gasteiger partial charge in [-0.25, -0.2) is 13.1 Å². The molecule has 0 aliphatic heterocycles. The molecular weight excluding hydrogens is 260 g/mol. The molecular formula is C14H22N2O2S. The maximum Gasteiger partial charge on any atom is 0.240 e. The summed E-state index contributed by atoms with van der Waals surface area (Å²) in [7, 11) is -3.34. The van der Waals surface area contributed by atoms with Crippen molar-refractivity contribution in [1.82, 2.24) is 4.72 Å². The fourth-order valence-corrected chi connectivity index (χ4v) is 2.96. The number of benzene rings is 1. The van der Waals surface area contributed by atoms with Gasteiger partial charge >= 0.3 is 0 Å². The minimum atomic E-state index is -3.34. The van der Waals surface area contributed by atoms with Crippen LogP contribution in [0.1, 0.15) is 32.6 Å². The highest BCUT2D eigenvalue weighted by atomic mass is 32.2. The number of hydrogen-bond acceptors (Lipinski definition) is 3. The topological polar surface area (TPSA) is 58.2 Å². The summed E-state index contributed by atoms with van der Waals surface area (Å²) in [5.41, 5.74) is 0.957. The van der Waals surface area contributed by atoms with E-state index in [4.69, 9.17) is 0 Å². The van der Waals surface area contributed by atoms with Crippen LogP contribution in [0.3, 0.4) is 0 Å². The lowest BCUT2D eigenvalue weighted by Gasteiger charge is -2.08. The molecule has 1 fully saturated rings. The van der Waals surface area contributed by atoms with Gasteiger partial charge in [-0.3, -0.25) is 0 Å². The third kappa shape index (κ3) is 4.51. The molecule has 0 saturated heterocycles. The van der Waals surface area contributed by atoms with Gasteiger partial charge in [-0.2, -0.15) is 0 Å². The Morgan fingerprint density at radius 2 is 1.84 bits per heavy atom. The maximum absolute atomic E-state index is 12.0. The van der Waals surface area contributed by atoms with E-state index in [0.717, 1.165) is 31.0 Å². The number of hydrogen-bond donors (Lipinski definition) is 2. The molecule has 0 bridgehead atoms. The van der Waals surface area contributed by atoms with Crippen molar-refractivity contribution in [2.75, 3.05) is 18.4 Å². The van der Waals surface area contributed by atoms with Crippen LogP contribution >= 0.6 is 0 Å². The highest BCUT2D eigenvalue weighted by Gasteiger charge is 2.22. The van der Waals surface area contributed by atoms with Crippen LogP contribution in [-0.4, -0.2) is 21.5 Å². The minimum Gasteiger partial charge on any atom is -0.385 e. The highest BCUT2D eigenvalue weighted by Crippen LogP contribution is 2.31. The van der Waals surface area contributed by atoms with Gasteiger partial charge in [0.2, 0.25) is 10.0 Å². The van der Waals surface area contributed by atoms with Gasteiger partial charge in [-0.05, 0) is 43.0 Å². The Balaban J connectivity index is 1.90. The summed E-state index contributed by atoms with van der Waals surface area (Å²) in [4.78, 5) is 0.338. The molecule has 1 aromatic rings. The van der Waals surface area contributed by atoms with Crippen LogP contribution < -0.4 is 10.0 Å². The summed E-state index contributed by atoms with van der Waals surface area (Å²) in [5, 5.41) is 3.22. The van der Waals surface area contributed by atoms with Crippen LogP contribution in [0, 0.1) is 5.92 Å². The Labute approximate surface area is 115 Å². The first-order chi connectivity index (χ1) is 9.12. The van der Waals surface area contributed by atoms with Gasteiger partial charge < -0.3 is 5.32 Å². The molecule has 19 heavy (non-hydrogen) atoms. The van der Waals surface area contributed by atoms with Gasteiger partial charge in [0.1, 0.15) is 0 Å². The normalized spacial score (nSPS) is 15.4. The lowest BCUT2D eigenvalue weighted by Crippen LogP contribution is -2.25. The first kappa shape index (κ1) is 14.3. The van der Waals surface area contributed by atoms with Crippen LogP contribution in [0.25, 0.3) is 0 Å². The van der Waals surface area contributed by atoms with Crippen molar-refractivity contribution in [3.8, 4) is 0 Å². The molecule has 4 nitrogen and oxygen atoms in total. The van der Waals surface area contributed by atoms with E-state index in [1.807, 2.05) is 12.1 Å². The number of sulfonamides is 1. The Bertz CT molecular complexity index is 493. The monoisotopic (exact) mass is 282 g/mol. The summed E-state index contributed by atoms with van der Waals surface area (Å²) in [5.74, 6) is 0.739. The molecule has 5 heteroatoms. The van der Waals surface area contributed by atoms with E-state index in [1.54, 1.807) is 12.1 Å². The van der Waals surface area contributed by atoms with Gasteiger partial charge in [0.05, 0.1) is 4.90 Å². The van der Waals surface area contributed by atoms with E-state index in [9.17, 15) is 8.42 Å². The van der Waals surface area contributed by atoms with Gasteiger partial charge in [-0.15, -0.1) is 0 Å². The van der Waals surface area contributed by atoms with Gasteiger partial charge in [0.25, 0.3) is 0 Å². The fraction of sp³-hybridized carbons (Fsp3) is 0.571. The van der Waals surface area contributed by atoms with Crippen LogP contribution in [0.4, 0.5) is 5.69 Å². The van der Waals surface area contributed by atoms with Gasteiger partial charge in [0.15, 0.2) is 0 Å². The summed E-state index contributed by atoms with van der Waals surface area (Å²) in [6.07, 6.45) is 4.50. The van der Waals surface area contributed by atoms with E-state index < -0.39 is 10.0 Å². The highest BCUT2D eigenvalue weighted by molar-refractivity contribution is 7.89. The van der Waals surface area contributed by atoms with E-state index in [0.29, 0.717) is 11.4 Å². The first-order valence-electron chi connectivity index (χ1n) is 6.95. The zero-order valence-electron chi connectivity index (χ0n) is 11.4. The zero-order valence-corrected chi connectivity index (χ0v) is 12.2. The Morgan fingerprint density at radius 3 is 2.42 bits per heavy atom. The first-order valence-corrected chi connectivity index (χ1v) is 8.44. The lowest BCUT2D eigenvalue weighted by molar-refractivity contribution is 0.575. The van der Waals surface area contributed by atoms with Crippen molar-refractivity contribution in [1.29, 1.82) is 0 Å². The molecule has 2 N–H and O–H groups in total.